The summed E-state index contributed by atoms with van der Waals surface area (Å²) in [6, 6.07) is 6.25. The van der Waals surface area contributed by atoms with E-state index in [0.717, 1.165) is 56.5 Å². The molecule has 6 nitrogen and oxygen atoms in total. The highest BCUT2D eigenvalue weighted by molar-refractivity contribution is 5.11. The van der Waals surface area contributed by atoms with E-state index in [-0.39, 0.29) is 0 Å². The molecule has 3 heterocycles. The number of nitrogens with zero attached hydrogens (tertiary/aromatic N) is 5. The molecule has 0 atom stereocenters. The van der Waals surface area contributed by atoms with Crippen molar-refractivity contribution in [2.75, 3.05) is 13.1 Å². The molecule has 0 bridgehead atoms. The minimum Gasteiger partial charge on any atom is -0.315 e. The lowest BCUT2D eigenvalue weighted by atomic mass is 10.2. The van der Waals surface area contributed by atoms with E-state index in [2.05, 4.69) is 50.1 Å². The molecule has 3 rings (SSSR count). The molecule has 2 aromatic heterocycles. The number of aromatic nitrogens is 4. The molecule has 0 unspecified atom stereocenters. The highest BCUT2D eigenvalue weighted by Gasteiger charge is 2.17. The van der Waals surface area contributed by atoms with Crippen LogP contribution in [0.25, 0.3) is 0 Å². The zero-order chi connectivity index (χ0) is 13.8. The molecule has 0 saturated heterocycles. The normalized spacial score (nSPS) is 15.2. The van der Waals surface area contributed by atoms with Crippen LogP contribution in [-0.2, 0) is 26.2 Å². The molecular weight excluding hydrogens is 252 g/mol. The standard InChI is InChI=1S/C14H20N6/c1-2-15-8-12-4-3-5-13(17-12)9-19-6-7-20-11-16-18-14(20)10-19/h3-5,11,15H,2,6-10H2,1H3. The van der Waals surface area contributed by atoms with Crippen LogP contribution in [0.4, 0.5) is 0 Å². The summed E-state index contributed by atoms with van der Waals surface area (Å²) in [5, 5.41) is 11.4. The van der Waals surface area contributed by atoms with Crippen LogP contribution in [-0.4, -0.2) is 37.7 Å². The average Bonchev–Trinajstić information content (AvgIpc) is 2.93. The van der Waals surface area contributed by atoms with Gasteiger partial charge in [-0.25, -0.2) is 0 Å². The number of pyridine rings is 1. The lowest BCUT2D eigenvalue weighted by Gasteiger charge is -2.26. The Bertz CT molecular complexity index is 564. The van der Waals surface area contributed by atoms with E-state index < -0.39 is 0 Å². The molecule has 0 aliphatic carbocycles. The lowest BCUT2D eigenvalue weighted by molar-refractivity contribution is 0.206. The fourth-order valence-electron chi connectivity index (χ4n) is 2.45. The minimum absolute atomic E-state index is 0.832. The molecule has 0 radical (unpaired) electrons. The first-order valence-electron chi connectivity index (χ1n) is 7.09. The molecular formula is C14H20N6. The van der Waals surface area contributed by atoms with Gasteiger partial charge in [-0.1, -0.05) is 13.0 Å². The lowest BCUT2D eigenvalue weighted by Crippen LogP contribution is -2.33. The van der Waals surface area contributed by atoms with E-state index in [9.17, 15) is 0 Å². The molecule has 6 heteroatoms. The summed E-state index contributed by atoms with van der Waals surface area (Å²) < 4.78 is 2.12. The van der Waals surface area contributed by atoms with E-state index in [4.69, 9.17) is 4.98 Å². The predicted octanol–water partition coefficient (Wildman–Crippen LogP) is 0.798. The van der Waals surface area contributed by atoms with Gasteiger partial charge in [0.2, 0.25) is 0 Å². The van der Waals surface area contributed by atoms with Crippen LogP contribution in [0.1, 0.15) is 24.1 Å². The summed E-state index contributed by atoms with van der Waals surface area (Å²) >= 11 is 0. The molecule has 106 valence electrons. The minimum atomic E-state index is 0.832. The quantitative estimate of drug-likeness (QED) is 0.872. The zero-order valence-corrected chi connectivity index (χ0v) is 11.8. The highest BCUT2D eigenvalue weighted by atomic mass is 15.3. The van der Waals surface area contributed by atoms with Gasteiger partial charge in [0.1, 0.15) is 12.2 Å². The molecule has 0 spiro atoms. The van der Waals surface area contributed by atoms with E-state index in [1.165, 1.54) is 0 Å². The second-order valence-electron chi connectivity index (χ2n) is 5.05. The zero-order valence-electron chi connectivity index (χ0n) is 11.8. The number of fused-ring (bicyclic) bond motifs is 1. The van der Waals surface area contributed by atoms with E-state index >= 15 is 0 Å². The molecule has 1 N–H and O–H groups in total. The molecule has 0 saturated carbocycles. The fourth-order valence-corrected chi connectivity index (χ4v) is 2.45. The van der Waals surface area contributed by atoms with Crippen LogP contribution in [0.2, 0.25) is 0 Å². The summed E-state index contributed by atoms with van der Waals surface area (Å²) in [7, 11) is 0. The van der Waals surface area contributed by atoms with Crippen LogP contribution in [0.3, 0.4) is 0 Å². The smallest absolute Gasteiger partial charge is 0.147 e. The maximum atomic E-state index is 4.70. The Hall–Kier alpha value is -1.79. The molecule has 1 aliphatic rings. The molecule has 0 fully saturated rings. The summed E-state index contributed by atoms with van der Waals surface area (Å²) in [5.74, 6) is 1.04. The largest absolute Gasteiger partial charge is 0.315 e. The van der Waals surface area contributed by atoms with Crippen molar-refractivity contribution in [2.24, 2.45) is 0 Å². The number of hydrogen-bond acceptors (Lipinski definition) is 5. The van der Waals surface area contributed by atoms with Crippen molar-refractivity contribution in [3.63, 3.8) is 0 Å². The van der Waals surface area contributed by atoms with Gasteiger partial charge in [-0.05, 0) is 18.7 Å². The SMILES string of the molecule is CCNCc1cccc(CN2CCn3cnnc3C2)n1. The van der Waals surface area contributed by atoms with E-state index in [1.807, 2.05) is 6.33 Å². The number of nitrogens with one attached hydrogen (secondary N) is 1. The van der Waals surface area contributed by atoms with Gasteiger partial charge in [-0.15, -0.1) is 10.2 Å². The second kappa shape index (κ2) is 6.11. The molecule has 0 amide bonds. The van der Waals surface area contributed by atoms with Crippen molar-refractivity contribution in [2.45, 2.75) is 33.1 Å². The van der Waals surface area contributed by atoms with Gasteiger partial charge in [-0.3, -0.25) is 9.88 Å². The molecule has 2 aromatic rings. The first-order chi connectivity index (χ1) is 9.85. The van der Waals surface area contributed by atoms with Crippen LogP contribution in [0, 0.1) is 0 Å². The van der Waals surface area contributed by atoms with Crippen LogP contribution in [0.15, 0.2) is 24.5 Å². The van der Waals surface area contributed by atoms with Gasteiger partial charge in [0.15, 0.2) is 0 Å². The summed E-state index contributed by atoms with van der Waals surface area (Å²) in [6.07, 6.45) is 1.81. The Balaban J connectivity index is 1.63. The molecule has 1 aliphatic heterocycles. The van der Waals surface area contributed by atoms with Crippen molar-refractivity contribution in [1.82, 2.24) is 30.0 Å². The third-order valence-electron chi connectivity index (χ3n) is 3.52. The Morgan fingerprint density at radius 2 is 2.15 bits per heavy atom. The summed E-state index contributed by atoms with van der Waals surface area (Å²) in [5.41, 5.74) is 2.22. The Morgan fingerprint density at radius 3 is 3.05 bits per heavy atom. The molecule has 0 aromatic carbocycles. The van der Waals surface area contributed by atoms with E-state index in [1.54, 1.807) is 0 Å². The predicted molar refractivity (Wildman–Crippen MR) is 75.8 cm³/mol. The van der Waals surface area contributed by atoms with Crippen molar-refractivity contribution >= 4 is 0 Å². The van der Waals surface area contributed by atoms with Gasteiger partial charge in [-0.2, -0.15) is 0 Å². The summed E-state index contributed by atoms with van der Waals surface area (Å²) in [4.78, 5) is 7.07. The Kier molecular flexibility index (Phi) is 4.03. The number of hydrogen-bond donors (Lipinski definition) is 1. The Morgan fingerprint density at radius 1 is 1.25 bits per heavy atom. The van der Waals surface area contributed by atoms with Crippen LogP contribution < -0.4 is 5.32 Å². The van der Waals surface area contributed by atoms with Crippen molar-refractivity contribution in [3.05, 3.63) is 41.7 Å². The number of rotatable bonds is 5. The topological polar surface area (TPSA) is 58.9 Å². The third kappa shape index (κ3) is 3.02. The maximum Gasteiger partial charge on any atom is 0.147 e. The Labute approximate surface area is 118 Å². The average molecular weight is 272 g/mol. The summed E-state index contributed by atoms with van der Waals surface area (Å²) in [6.45, 7) is 7.59. The first-order valence-corrected chi connectivity index (χ1v) is 7.09. The second-order valence-corrected chi connectivity index (χ2v) is 5.05. The van der Waals surface area contributed by atoms with Crippen LogP contribution >= 0.6 is 0 Å². The maximum absolute atomic E-state index is 4.70. The monoisotopic (exact) mass is 272 g/mol. The van der Waals surface area contributed by atoms with E-state index in [0.29, 0.717) is 0 Å². The van der Waals surface area contributed by atoms with Crippen LogP contribution in [0.5, 0.6) is 0 Å². The van der Waals surface area contributed by atoms with Gasteiger partial charge in [0.25, 0.3) is 0 Å². The van der Waals surface area contributed by atoms with Crippen molar-refractivity contribution in [3.8, 4) is 0 Å². The molecule has 20 heavy (non-hydrogen) atoms. The van der Waals surface area contributed by atoms with Crippen molar-refractivity contribution in [1.29, 1.82) is 0 Å². The highest BCUT2D eigenvalue weighted by Crippen LogP contribution is 2.12. The first kappa shape index (κ1) is 13.2. The van der Waals surface area contributed by atoms with Gasteiger partial charge < -0.3 is 9.88 Å². The third-order valence-corrected chi connectivity index (χ3v) is 3.52. The fraction of sp³-hybridized carbons (Fsp3) is 0.500. The van der Waals surface area contributed by atoms with Crippen molar-refractivity contribution < 1.29 is 0 Å². The van der Waals surface area contributed by atoms with Gasteiger partial charge in [0.05, 0.1) is 17.9 Å². The van der Waals surface area contributed by atoms with Gasteiger partial charge >= 0.3 is 0 Å². The van der Waals surface area contributed by atoms with Gasteiger partial charge in [0, 0.05) is 26.2 Å².